The summed E-state index contributed by atoms with van der Waals surface area (Å²) in [6, 6.07) is 6.24. The minimum atomic E-state index is -0.899. The zero-order valence-corrected chi connectivity index (χ0v) is 29.5. The van der Waals surface area contributed by atoms with Crippen LogP contribution in [-0.4, -0.2) is 97.2 Å². The Bertz CT molecular complexity index is 1640. The molecule has 4 amide bonds. The van der Waals surface area contributed by atoms with E-state index < -0.39 is 39.4 Å². The highest BCUT2D eigenvalue weighted by Crippen LogP contribution is 2.42. The minimum absolute atomic E-state index is 0.0579. The lowest BCUT2D eigenvalue weighted by Crippen LogP contribution is -2.54. The molecule has 6 rings (SSSR count). The van der Waals surface area contributed by atoms with Crippen molar-refractivity contribution in [2.45, 2.75) is 102 Å². The maximum Gasteiger partial charge on any atom is 0.411 e. The standard InChI is InChI=1S/C17H22N4O5.C17H24N4O3/c1-16(2,3)26-15(23)20-9-4-7-17(20)8-10-19(14(17)22)12-5-6-13(18-11-12)21(24)25;1-16(2,3)24-15(23)21-9-4-7-17(21)8-10-20(14(17)22)12-5-6-13(18)19-11-12/h5-6,11H,4,7-10H2,1-3H3;5-6,11H,4,7-10H2,1-3H3,(H2,18,19). The highest BCUT2D eigenvalue weighted by atomic mass is 16.6. The van der Waals surface area contributed by atoms with Gasteiger partial charge in [0.2, 0.25) is 0 Å². The number of carbonyl (C=O) groups is 4. The molecule has 0 saturated carbocycles. The maximum absolute atomic E-state index is 13.1. The predicted molar refractivity (Wildman–Crippen MR) is 183 cm³/mol. The molecule has 0 aliphatic carbocycles. The normalized spacial score (nSPS) is 23.5. The molecule has 2 N–H and O–H groups in total. The van der Waals surface area contributed by atoms with Crippen LogP contribution in [0.3, 0.4) is 0 Å². The molecule has 2 atom stereocenters. The molecule has 16 heteroatoms. The van der Waals surface area contributed by atoms with E-state index in [1.807, 2.05) is 20.8 Å². The number of aromatic nitrogens is 2. The van der Waals surface area contributed by atoms with Crippen LogP contribution in [0.2, 0.25) is 0 Å². The first kappa shape index (κ1) is 36.3. The summed E-state index contributed by atoms with van der Waals surface area (Å²) >= 11 is 0. The van der Waals surface area contributed by atoms with Crippen LogP contribution in [0.5, 0.6) is 0 Å². The number of anilines is 3. The molecule has 0 radical (unpaired) electrons. The fourth-order valence-corrected chi connectivity index (χ4v) is 7.10. The van der Waals surface area contributed by atoms with Crippen molar-refractivity contribution in [3.8, 4) is 0 Å². The van der Waals surface area contributed by atoms with Crippen molar-refractivity contribution < 1.29 is 33.6 Å². The molecule has 2 aromatic rings. The Kier molecular flexibility index (Phi) is 9.69. The number of pyridine rings is 2. The molecule has 4 fully saturated rings. The summed E-state index contributed by atoms with van der Waals surface area (Å²) in [5.41, 5.74) is 3.92. The molecular formula is C34H46N8O8. The van der Waals surface area contributed by atoms with E-state index in [-0.39, 0.29) is 17.6 Å². The van der Waals surface area contributed by atoms with Gasteiger partial charge in [-0.15, -0.1) is 0 Å². The highest BCUT2D eigenvalue weighted by Gasteiger charge is 2.57. The van der Waals surface area contributed by atoms with Crippen LogP contribution in [0.15, 0.2) is 36.7 Å². The highest BCUT2D eigenvalue weighted by molar-refractivity contribution is 6.05. The van der Waals surface area contributed by atoms with Gasteiger partial charge >= 0.3 is 18.0 Å². The fourth-order valence-electron chi connectivity index (χ4n) is 7.10. The van der Waals surface area contributed by atoms with Crippen LogP contribution in [0, 0.1) is 10.1 Å². The Labute approximate surface area is 291 Å². The molecule has 4 saturated heterocycles. The second-order valence-corrected chi connectivity index (χ2v) is 15.0. The Morgan fingerprint density at radius 1 is 0.740 bits per heavy atom. The smallest absolute Gasteiger partial charge is 0.411 e. The summed E-state index contributed by atoms with van der Waals surface area (Å²) in [6.45, 7) is 12.9. The van der Waals surface area contributed by atoms with Crippen LogP contribution in [0.4, 0.5) is 32.6 Å². The zero-order valence-electron chi connectivity index (χ0n) is 29.5. The molecule has 6 heterocycles. The van der Waals surface area contributed by atoms with E-state index >= 15 is 0 Å². The van der Waals surface area contributed by atoms with Gasteiger partial charge in [0.25, 0.3) is 11.8 Å². The van der Waals surface area contributed by atoms with Crippen molar-refractivity contribution >= 4 is 47.0 Å². The average molecular weight is 695 g/mol. The number of nitro groups is 1. The van der Waals surface area contributed by atoms with Gasteiger partial charge in [-0.2, -0.15) is 0 Å². The van der Waals surface area contributed by atoms with Crippen molar-refractivity contribution in [3.63, 3.8) is 0 Å². The van der Waals surface area contributed by atoms with Gasteiger partial charge in [0, 0.05) is 32.2 Å². The first-order chi connectivity index (χ1) is 23.4. The Hall–Kier alpha value is -5.02. The molecule has 16 nitrogen and oxygen atoms in total. The number of ether oxygens (including phenoxy) is 2. The lowest BCUT2D eigenvalue weighted by Gasteiger charge is -2.34. The van der Waals surface area contributed by atoms with E-state index in [1.165, 1.54) is 18.3 Å². The van der Waals surface area contributed by atoms with E-state index in [2.05, 4.69) is 9.97 Å². The van der Waals surface area contributed by atoms with E-state index in [0.29, 0.717) is 69.1 Å². The third-order valence-electron chi connectivity index (χ3n) is 9.30. The first-order valence-electron chi connectivity index (χ1n) is 16.8. The van der Waals surface area contributed by atoms with Crippen molar-refractivity contribution in [2.24, 2.45) is 0 Å². The summed E-state index contributed by atoms with van der Waals surface area (Å²) in [4.78, 5) is 75.8. The Balaban J connectivity index is 0.000000195. The molecule has 0 aromatic carbocycles. The van der Waals surface area contributed by atoms with Crippen LogP contribution < -0.4 is 15.5 Å². The molecule has 4 aliphatic heterocycles. The summed E-state index contributed by atoms with van der Waals surface area (Å²) < 4.78 is 11.0. The number of likely N-dealkylation sites (tertiary alicyclic amines) is 2. The lowest BCUT2D eigenvalue weighted by atomic mass is 9.94. The molecule has 2 spiro atoms. The van der Waals surface area contributed by atoms with Crippen molar-refractivity contribution in [2.75, 3.05) is 41.7 Å². The molecule has 0 bridgehead atoms. The molecular weight excluding hydrogens is 648 g/mol. The summed E-state index contributed by atoms with van der Waals surface area (Å²) in [5, 5.41) is 10.7. The third kappa shape index (κ3) is 7.14. The van der Waals surface area contributed by atoms with Crippen LogP contribution in [-0.2, 0) is 19.1 Å². The second-order valence-electron chi connectivity index (χ2n) is 15.0. The van der Waals surface area contributed by atoms with Crippen molar-refractivity contribution in [1.82, 2.24) is 19.8 Å². The number of nitrogens with zero attached hydrogens (tertiary/aromatic N) is 7. The van der Waals surface area contributed by atoms with Gasteiger partial charge in [0.1, 0.15) is 28.1 Å². The minimum Gasteiger partial charge on any atom is -0.444 e. The number of rotatable bonds is 3. The van der Waals surface area contributed by atoms with Crippen LogP contribution in [0.25, 0.3) is 0 Å². The van der Waals surface area contributed by atoms with Gasteiger partial charge in [-0.3, -0.25) is 19.4 Å². The number of nitrogen functional groups attached to an aromatic ring is 1. The Morgan fingerprint density at radius 2 is 1.18 bits per heavy atom. The van der Waals surface area contributed by atoms with Gasteiger partial charge in [0.05, 0.1) is 17.6 Å². The molecule has 2 unspecified atom stereocenters. The Morgan fingerprint density at radius 3 is 1.54 bits per heavy atom. The van der Waals surface area contributed by atoms with Gasteiger partial charge in [-0.1, -0.05) is 0 Å². The van der Waals surface area contributed by atoms with Gasteiger partial charge in [-0.25, -0.2) is 14.6 Å². The maximum atomic E-state index is 13.1. The molecule has 270 valence electrons. The zero-order chi connectivity index (χ0) is 36.6. The third-order valence-corrected chi connectivity index (χ3v) is 9.30. The molecule has 50 heavy (non-hydrogen) atoms. The molecule has 2 aromatic heterocycles. The summed E-state index contributed by atoms with van der Waals surface area (Å²) in [5.74, 6) is -0.100. The lowest BCUT2D eigenvalue weighted by molar-refractivity contribution is -0.389. The average Bonchev–Trinajstić information content (AvgIpc) is 3.81. The van der Waals surface area contributed by atoms with Crippen LogP contribution in [0.1, 0.15) is 80.1 Å². The topological polar surface area (TPSA) is 195 Å². The number of hydrogen-bond acceptors (Lipinski definition) is 11. The van der Waals surface area contributed by atoms with Gasteiger partial charge in [-0.05, 0) is 108 Å². The number of amides is 4. The number of carbonyl (C=O) groups excluding carboxylic acids is 4. The molecule has 4 aliphatic rings. The van der Waals surface area contributed by atoms with Gasteiger partial charge < -0.3 is 35.1 Å². The quantitative estimate of drug-likeness (QED) is 0.347. The van der Waals surface area contributed by atoms with E-state index in [9.17, 15) is 29.3 Å². The fraction of sp³-hybridized carbons (Fsp3) is 0.588. The van der Waals surface area contributed by atoms with E-state index in [1.54, 1.807) is 58.7 Å². The summed E-state index contributed by atoms with van der Waals surface area (Å²) in [7, 11) is 0. The second kappa shape index (κ2) is 13.4. The monoisotopic (exact) mass is 694 g/mol. The van der Waals surface area contributed by atoms with Crippen molar-refractivity contribution in [3.05, 3.63) is 46.8 Å². The number of nitrogens with two attached hydrogens (primary N) is 1. The SMILES string of the molecule is CC(C)(C)OC(=O)N1CCCC12CCN(c1ccc(N)nc1)C2=O.CC(C)(C)OC(=O)N1CCCC12CCN(c1ccc([N+](=O)[O-])nc1)C2=O. The van der Waals surface area contributed by atoms with E-state index in [4.69, 9.17) is 15.2 Å². The predicted octanol–water partition coefficient (Wildman–Crippen LogP) is 4.67. The number of hydrogen-bond donors (Lipinski definition) is 1. The van der Waals surface area contributed by atoms with Gasteiger partial charge in [0.15, 0.2) is 6.20 Å². The summed E-state index contributed by atoms with van der Waals surface area (Å²) in [6.07, 6.45) is 5.93. The van der Waals surface area contributed by atoms with Crippen LogP contribution >= 0.6 is 0 Å². The van der Waals surface area contributed by atoms with E-state index in [0.717, 1.165) is 12.8 Å². The van der Waals surface area contributed by atoms with Crippen molar-refractivity contribution in [1.29, 1.82) is 0 Å². The first-order valence-corrected chi connectivity index (χ1v) is 16.8. The largest absolute Gasteiger partial charge is 0.444 e.